The lowest BCUT2D eigenvalue weighted by Gasteiger charge is -2.27. The number of nitrogens with one attached hydrogen (secondary N) is 1. The first-order valence-corrected chi connectivity index (χ1v) is 9.13. The molecule has 22 heavy (non-hydrogen) atoms. The van der Waals surface area contributed by atoms with Gasteiger partial charge in [-0.1, -0.05) is 28.1 Å². The molecule has 2 atom stereocenters. The second-order valence-electron chi connectivity index (χ2n) is 6.41. The molecule has 2 aromatic rings. The molecule has 2 unspecified atom stereocenters. The van der Waals surface area contributed by atoms with Crippen LogP contribution >= 0.6 is 15.9 Å². The molecule has 0 aliphatic rings. The molecule has 3 nitrogen and oxygen atoms in total. The van der Waals surface area contributed by atoms with Gasteiger partial charge in [0.15, 0.2) is 0 Å². The van der Waals surface area contributed by atoms with Gasteiger partial charge in [0.05, 0.1) is 0 Å². The summed E-state index contributed by atoms with van der Waals surface area (Å²) in [5.74, 6) is 1.60. The topological polar surface area (TPSA) is 48.2 Å². The second kappa shape index (κ2) is 6.79. The molecule has 0 spiro atoms. The molecule has 1 N–H and O–H groups in total. The van der Waals surface area contributed by atoms with Crippen molar-refractivity contribution in [2.75, 3.05) is 0 Å². The lowest BCUT2D eigenvalue weighted by Crippen LogP contribution is -2.41. The van der Waals surface area contributed by atoms with Crippen molar-refractivity contribution in [2.45, 2.75) is 45.4 Å². The van der Waals surface area contributed by atoms with E-state index in [4.69, 9.17) is 4.42 Å². The Hall–Kier alpha value is -0.750. The largest absolute Gasteiger partial charge is 0.598 e. The van der Waals surface area contributed by atoms with E-state index < -0.39 is 11.4 Å². The van der Waals surface area contributed by atoms with E-state index in [0.29, 0.717) is 0 Å². The van der Waals surface area contributed by atoms with Crippen LogP contribution in [-0.2, 0) is 11.4 Å². The van der Waals surface area contributed by atoms with Crippen molar-refractivity contribution in [1.29, 1.82) is 0 Å². The molecule has 0 saturated heterocycles. The summed E-state index contributed by atoms with van der Waals surface area (Å²) < 4.78 is 22.2. The molecule has 0 amide bonds. The van der Waals surface area contributed by atoms with E-state index >= 15 is 0 Å². The van der Waals surface area contributed by atoms with Gasteiger partial charge < -0.3 is 8.97 Å². The number of aryl methyl sites for hydroxylation is 2. The minimum absolute atomic E-state index is 0.260. The van der Waals surface area contributed by atoms with E-state index in [9.17, 15) is 4.55 Å². The Labute approximate surface area is 143 Å². The van der Waals surface area contributed by atoms with Crippen LogP contribution in [0.25, 0.3) is 0 Å². The van der Waals surface area contributed by atoms with Gasteiger partial charge in [-0.05, 0) is 63.9 Å². The summed E-state index contributed by atoms with van der Waals surface area (Å²) in [6.07, 6.45) is 0. The predicted octanol–water partition coefficient (Wildman–Crippen LogP) is 4.80. The summed E-state index contributed by atoms with van der Waals surface area (Å²) in [7, 11) is 0. The zero-order valence-corrected chi connectivity index (χ0v) is 16.0. The van der Waals surface area contributed by atoms with Gasteiger partial charge in [-0.3, -0.25) is 0 Å². The van der Waals surface area contributed by atoms with Crippen LogP contribution in [0.15, 0.2) is 39.2 Å². The number of hydrogen-bond acceptors (Lipinski definition) is 3. The molecule has 0 aliphatic heterocycles. The van der Waals surface area contributed by atoms with E-state index in [1.54, 1.807) is 0 Å². The number of benzene rings is 1. The maximum absolute atomic E-state index is 12.5. The second-order valence-corrected chi connectivity index (χ2v) is 9.26. The van der Waals surface area contributed by atoms with Crippen LogP contribution in [0, 0.1) is 13.8 Å². The highest BCUT2D eigenvalue weighted by Gasteiger charge is 2.32. The molecule has 2 rings (SSSR count). The van der Waals surface area contributed by atoms with E-state index in [1.165, 1.54) is 5.56 Å². The van der Waals surface area contributed by atoms with Gasteiger partial charge in [0.1, 0.15) is 22.3 Å². The third-order valence-electron chi connectivity index (χ3n) is 3.29. The maximum Gasteiger partial charge on any atom is 0.136 e. The van der Waals surface area contributed by atoms with Crippen LogP contribution < -0.4 is 4.72 Å². The third-order valence-corrected chi connectivity index (χ3v) is 5.54. The Balaban J connectivity index is 2.41. The van der Waals surface area contributed by atoms with Gasteiger partial charge in [0.25, 0.3) is 0 Å². The highest BCUT2D eigenvalue weighted by molar-refractivity contribution is 9.10. The van der Waals surface area contributed by atoms with Crippen molar-refractivity contribution in [3.63, 3.8) is 0 Å². The van der Waals surface area contributed by atoms with Crippen molar-refractivity contribution in [2.24, 2.45) is 0 Å². The van der Waals surface area contributed by atoms with E-state index in [-0.39, 0.29) is 10.8 Å². The number of furan rings is 1. The molecule has 5 heteroatoms. The van der Waals surface area contributed by atoms with E-state index in [0.717, 1.165) is 21.6 Å². The first-order valence-electron chi connectivity index (χ1n) is 7.19. The van der Waals surface area contributed by atoms with Gasteiger partial charge >= 0.3 is 0 Å². The molecular formula is C17H22BrNO2S. The fraction of sp³-hybridized carbons (Fsp3) is 0.412. The summed E-state index contributed by atoms with van der Waals surface area (Å²) in [5.41, 5.74) is 2.18. The highest BCUT2D eigenvalue weighted by atomic mass is 79.9. The minimum atomic E-state index is -1.20. The number of hydrogen-bond donors (Lipinski definition) is 1. The van der Waals surface area contributed by atoms with Crippen molar-refractivity contribution in [3.8, 4) is 0 Å². The Morgan fingerprint density at radius 2 is 1.86 bits per heavy atom. The normalized spacial score (nSPS) is 14.9. The Morgan fingerprint density at radius 1 is 1.18 bits per heavy atom. The summed E-state index contributed by atoms with van der Waals surface area (Å²) in [5, 5.41) is 0. The quantitative estimate of drug-likeness (QED) is 0.771. The molecule has 0 radical (unpaired) electrons. The Bertz CT molecular complexity index is 648. The fourth-order valence-electron chi connectivity index (χ4n) is 2.03. The molecule has 1 aromatic heterocycles. The van der Waals surface area contributed by atoms with Crippen LogP contribution in [0.3, 0.4) is 0 Å². The molecule has 120 valence electrons. The number of rotatable bonds is 4. The molecule has 0 bridgehead atoms. The van der Waals surface area contributed by atoms with Gasteiger partial charge in [-0.2, -0.15) is 0 Å². The van der Waals surface area contributed by atoms with Crippen LogP contribution in [-0.4, -0.2) is 9.30 Å². The van der Waals surface area contributed by atoms with Crippen LogP contribution in [0.4, 0.5) is 0 Å². The van der Waals surface area contributed by atoms with E-state index in [2.05, 4.69) is 26.7 Å². The first-order chi connectivity index (χ1) is 10.2. The summed E-state index contributed by atoms with van der Waals surface area (Å²) in [4.78, 5) is 0. The van der Waals surface area contributed by atoms with Crippen molar-refractivity contribution < 1.29 is 8.97 Å². The lowest BCUT2D eigenvalue weighted by molar-refractivity contribution is 0.447. The van der Waals surface area contributed by atoms with Gasteiger partial charge in [0.2, 0.25) is 0 Å². The molecule has 1 aromatic carbocycles. The predicted molar refractivity (Wildman–Crippen MR) is 95.2 cm³/mol. The van der Waals surface area contributed by atoms with Crippen molar-refractivity contribution in [1.82, 2.24) is 4.72 Å². The molecule has 0 saturated carbocycles. The average Bonchev–Trinajstić information content (AvgIpc) is 2.82. The monoisotopic (exact) mass is 383 g/mol. The SMILES string of the molecule is Cc1ccc(C(N[S+]([O-])C(C)(C)C)c2ccc(C)o2)c(Br)c1. The van der Waals surface area contributed by atoms with Gasteiger partial charge in [0, 0.05) is 15.8 Å². The highest BCUT2D eigenvalue weighted by Crippen LogP contribution is 2.32. The van der Waals surface area contributed by atoms with Crippen LogP contribution in [0.5, 0.6) is 0 Å². The molecule has 0 fully saturated rings. The Morgan fingerprint density at radius 3 is 2.36 bits per heavy atom. The van der Waals surface area contributed by atoms with Crippen LogP contribution in [0.1, 0.15) is 49.5 Å². The average molecular weight is 384 g/mol. The van der Waals surface area contributed by atoms with Gasteiger partial charge in [-0.25, -0.2) is 0 Å². The van der Waals surface area contributed by atoms with Gasteiger partial charge in [-0.15, -0.1) is 4.72 Å². The Kier molecular flexibility index (Phi) is 5.43. The van der Waals surface area contributed by atoms with Crippen LogP contribution in [0.2, 0.25) is 0 Å². The lowest BCUT2D eigenvalue weighted by atomic mass is 10.0. The standard InChI is InChI=1S/C17H22BrNO2S/c1-11-6-8-13(14(18)10-11)16(15-9-7-12(2)21-15)19-22(20)17(3,4)5/h6-10,16,19H,1-5H3. The van der Waals surface area contributed by atoms with Crippen molar-refractivity contribution >= 4 is 27.3 Å². The first kappa shape index (κ1) is 17.6. The fourth-order valence-corrected chi connectivity index (χ4v) is 3.57. The van der Waals surface area contributed by atoms with E-state index in [1.807, 2.05) is 58.9 Å². The number of halogens is 1. The zero-order chi connectivity index (χ0) is 16.5. The summed E-state index contributed by atoms with van der Waals surface area (Å²) >= 11 is 2.41. The van der Waals surface area contributed by atoms with Crippen molar-refractivity contribution in [3.05, 3.63) is 57.5 Å². The summed E-state index contributed by atoms with van der Waals surface area (Å²) in [6.45, 7) is 9.80. The minimum Gasteiger partial charge on any atom is -0.598 e. The molecule has 1 heterocycles. The molecule has 0 aliphatic carbocycles. The molecular weight excluding hydrogens is 362 g/mol. The third kappa shape index (κ3) is 4.16. The summed E-state index contributed by atoms with van der Waals surface area (Å²) in [6, 6.07) is 9.73. The zero-order valence-electron chi connectivity index (χ0n) is 13.6. The smallest absolute Gasteiger partial charge is 0.136 e. The maximum atomic E-state index is 12.5.